The Morgan fingerprint density at radius 2 is 1.88 bits per heavy atom. The standard InChI is InChI=1S/C20H17N3OS/c1-23(12-14-7-3-2-4-8-14)20(24)18-13-25-19(22-18)17-11-15-9-5-6-10-16(15)21-17/h2-11,13,21H,12H2,1H3. The molecule has 2 aromatic carbocycles. The number of aromatic nitrogens is 2. The molecule has 0 atom stereocenters. The molecule has 0 saturated heterocycles. The summed E-state index contributed by atoms with van der Waals surface area (Å²) >= 11 is 1.48. The number of nitrogens with zero attached hydrogens (tertiary/aromatic N) is 2. The summed E-state index contributed by atoms with van der Waals surface area (Å²) in [6.45, 7) is 0.568. The van der Waals surface area contributed by atoms with E-state index in [9.17, 15) is 4.79 Å². The van der Waals surface area contributed by atoms with E-state index in [1.54, 1.807) is 11.9 Å². The third kappa shape index (κ3) is 3.19. The summed E-state index contributed by atoms with van der Waals surface area (Å²) in [5.41, 5.74) is 3.60. The van der Waals surface area contributed by atoms with Gasteiger partial charge in [-0.3, -0.25) is 4.79 Å². The number of carbonyl (C=O) groups excluding carboxylic acids is 1. The average molecular weight is 347 g/mol. The summed E-state index contributed by atoms with van der Waals surface area (Å²) in [6.07, 6.45) is 0. The Kier molecular flexibility index (Phi) is 4.07. The lowest BCUT2D eigenvalue weighted by Gasteiger charge is -2.15. The molecule has 25 heavy (non-hydrogen) atoms. The SMILES string of the molecule is CN(Cc1ccccc1)C(=O)c1csc(-c2cc3ccccc3[nH]2)n1. The Morgan fingerprint density at radius 1 is 1.12 bits per heavy atom. The fourth-order valence-corrected chi connectivity index (χ4v) is 3.57. The largest absolute Gasteiger partial charge is 0.353 e. The first-order chi connectivity index (χ1) is 12.2. The smallest absolute Gasteiger partial charge is 0.273 e. The Bertz CT molecular complexity index is 987. The van der Waals surface area contributed by atoms with Crippen molar-refractivity contribution in [2.45, 2.75) is 6.54 Å². The third-order valence-corrected chi connectivity index (χ3v) is 4.97. The van der Waals surface area contributed by atoms with Crippen LogP contribution in [0, 0.1) is 0 Å². The van der Waals surface area contributed by atoms with Gasteiger partial charge >= 0.3 is 0 Å². The van der Waals surface area contributed by atoms with Crippen LogP contribution in [0.5, 0.6) is 0 Å². The van der Waals surface area contributed by atoms with Crippen molar-refractivity contribution in [1.29, 1.82) is 0 Å². The van der Waals surface area contributed by atoms with Crippen LogP contribution in [0.1, 0.15) is 16.1 Å². The lowest BCUT2D eigenvalue weighted by molar-refractivity contribution is 0.0780. The molecule has 0 spiro atoms. The van der Waals surface area contributed by atoms with Gasteiger partial charge in [-0.15, -0.1) is 11.3 Å². The number of nitrogens with one attached hydrogen (secondary N) is 1. The molecule has 1 amide bonds. The molecule has 2 aromatic heterocycles. The Balaban J connectivity index is 1.54. The van der Waals surface area contributed by atoms with Gasteiger partial charge in [0, 0.05) is 29.9 Å². The lowest BCUT2D eigenvalue weighted by Crippen LogP contribution is -2.26. The Morgan fingerprint density at radius 3 is 2.68 bits per heavy atom. The number of fused-ring (bicyclic) bond motifs is 1. The molecule has 124 valence electrons. The second kappa shape index (κ2) is 6.53. The van der Waals surface area contributed by atoms with Crippen LogP contribution in [-0.4, -0.2) is 27.8 Å². The zero-order valence-electron chi connectivity index (χ0n) is 13.8. The number of para-hydroxylation sites is 1. The van der Waals surface area contributed by atoms with Gasteiger partial charge in [0.05, 0.1) is 5.69 Å². The summed E-state index contributed by atoms with van der Waals surface area (Å²) in [4.78, 5) is 22.2. The molecule has 0 unspecified atom stereocenters. The topological polar surface area (TPSA) is 49.0 Å². The van der Waals surface area contributed by atoms with Crippen molar-refractivity contribution in [2.24, 2.45) is 0 Å². The molecule has 1 N–H and O–H groups in total. The predicted molar refractivity (Wildman–Crippen MR) is 102 cm³/mol. The van der Waals surface area contributed by atoms with E-state index in [4.69, 9.17) is 0 Å². The molecule has 0 radical (unpaired) electrons. The number of benzene rings is 2. The van der Waals surface area contributed by atoms with Crippen LogP contribution < -0.4 is 0 Å². The molecule has 4 nitrogen and oxygen atoms in total. The highest BCUT2D eigenvalue weighted by Crippen LogP contribution is 2.27. The van der Waals surface area contributed by atoms with Gasteiger partial charge in [0.25, 0.3) is 5.91 Å². The number of rotatable bonds is 4. The normalized spacial score (nSPS) is 10.9. The number of carbonyl (C=O) groups is 1. The zero-order valence-corrected chi connectivity index (χ0v) is 14.6. The fourth-order valence-electron chi connectivity index (χ4n) is 2.81. The molecular weight excluding hydrogens is 330 g/mol. The van der Waals surface area contributed by atoms with Gasteiger partial charge in [-0.2, -0.15) is 0 Å². The number of thiazole rings is 1. The quantitative estimate of drug-likeness (QED) is 0.588. The molecule has 0 aliphatic carbocycles. The first kappa shape index (κ1) is 15.6. The van der Waals surface area contributed by atoms with Gasteiger partial charge in [0.1, 0.15) is 10.7 Å². The average Bonchev–Trinajstić information content (AvgIpc) is 3.28. The van der Waals surface area contributed by atoms with Crippen molar-refractivity contribution in [3.8, 4) is 10.7 Å². The van der Waals surface area contributed by atoms with E-state index in [0.29, 0.717) is 12.2 Å². The Labute approximate surface area is 149 Å². The van der Waals surface area contributed by atoms with E-state index in [0.717, 1.165) is 27.2 Å². The number of aromatic amines is 1. The summed E-state index contributed by atoms with van der Waals surface area (Å²) in [7, 11) is 1.80. The minimum atomic E-state index is -0.0672. The minimum absolute atomic E-state index is 0.0672. The van der Waals surface area contributed by atoms with Gasteiger partial charge in [-0.25, -0.2) is 4.98 Å². The van der Waals surface area contributed by atoms with Gasteiger partial charge in [0.15, 0.2) is 0 Å². The highest BCUT2D eigenvalue weighted by Gasteiger charge is 2.17. The van der Waals surface area contributed by atoms with E-state index in [1.165, 1.54) is 11.3 Å². The van der Waals surface area contributed by atoms with E-state index >= 15 is 0 Å². The Hall–Kier alpha value is -2.92. The first-order valence-electron chi connectivity index (χ1n) is 8.04. The molecule has 0 bridgehead atoms. The maximum absolute atomic E-state index is 12.6. The van der Waals surface area contributed by atoms with E-state index in [1.807, 2.05) is 53.9 Å². The van der Waals surface area contributed by atoms with Crippen LogP contribution in [0.2, 0.25) is 0 Å². The third-order valence-electron chi connectivity index (χ3n) is 4.09. The zero-order chi connectivity index (χ0) is 17.2. The number of hydrogen-bond acceptors (Lipinski definition) is 3. The second-order valence-corrected chi connectivity index (χ2v) is 6.81. The monoisotopic (exact) mass is 347 g/mol. The number of amides is 1. The van der Waals surface area contributed by atoms with E-state index < -0.39 is 0 Å². The van der Waals surface area contributed by atoms with Crippen molar-refractivity contribution in [2.75, 3.05) is 7.05 Å². The van der Waals surface area contributed by atoms with Crippen LogP contribution in [0.15, 0.2) is 66.0 Å². The van der Waals surface area contributed by atoms with Gasteiger partial charge in [-0.1, -0.05) is 48.5 Å². The summed E-state index contributed by atoms with van der Waals surface area (Å²) in [5, 5.41) is 3.79. The number of H-pyrrole nitrogens is 1. The van der Waals surface area contributed by atoms with Crippen molar-refractivity contribution in [3.05, 3.63) is 77.3 Å². The highest BCUT2D eigenvalue weighted by molar-refractivity contribution is 7.13. The fraction of sp³-hybridized carbons (Fsp3) is 0.100. The predicted octanol–water partition coefficient (Wildman–Crippen LogP) is 4.56. The molecule has 5 heteroatoms. The van der Waals surface area contributed by atoms with Crippen molar-refractivity contribution < 1.29 is 4.79 Å². The second-order valence-electron chi connectivity index (χ2n) is 5.95. The molecule has 2 heterocycles. The minimum Gasteiger partial charge on any atom is -0.353 e. The maximum atomic E-state index is 12.6. The lowest BCUT2D eigenvalue weighted by atomic mass is 10.2. The van der Waals surface area contributed by atoms with Gasteiger partial charge in [-0.05, 0) is 17.7 Å². The van der Waals surface area contributed by atoms with Crippen LogP contribution >= 0.6 is 11.3 Å². The summed E-state index contributed by atoms with van der Waals surface area (Å²) in [6, 6.07) is 20.1. The van der Waals surface area contributed by atoms with E-state index in [-0.39, 0.29) is 5.91 Å². The molecular formula is C20H17N3OS. The van der Waals surface area contributed by atoms with Crippen LogP contribution in [0.3, 0.4) is 0 Å². The van der Waals surface area contributed by atoms with Gasteiger partial charge < -0.3 is 9.88 Å². The molecule has 0 aliphatic heterocycles. The van der Waals surface area contributed by atoms with Crippen LogP contribution in [0.4, 0.5) is 0 Å². The molecule has 4 rings (SSSR count). The van der Waals surface area contributed by atoms with Crippen LogP contribution in [-0.2, 0) is 6.54 Å². The molecule has 0 aliphatic rings. The van der Waals surface area contributed by atoms with E-state index in [2.05, 4.69) is 22.1 Å². The summed E-state index contributed by atoms with van der Waals surface area (Å²) < 4.78 is 0. The molecule has 4 aromatic rings. The highest BCUT2D eigenvalue weighted by atomic mass is 32.1. The molecule has 0 fully saturated rings. The van der Waals surface area contributed by atoms with Crippen molar-refractivity contribution >= 4 is 28.1 Å². The maximum Gasteiger partial charge on any atom is 0.273 e. The first-order valence-corrected chi connectivity index (χ1v) is 8.92. The number of hydrogen-bond donors (Lipinski definition) is 1. The van der Waals surface area contributed by atoms with Crippen molar-refractivity contribution in [3.63, 3.8) is 0 Å². The van der Waals surface area contributed by atoms with Crippen molar-refractivity contribution in [1.82, 2.24) is 14.9 Å². The van der Waals surface area contributed by atoms with Crippen LogP contribution in [0.25, 0.3) is 21.6 Å². The van der Waals surface area contributed by atoms with Gasteiger partial charge in [0.2, 0.25) is 0 Å². The summed E-state index contributed by atoms with van der Waals surface area (Å²) in [5.74, 6) is -0.0672. The molecule has 0 saturated carbocycles.